The van der Waals surface area contributed by atoms with Crippen LogP contribution in [0, 0.1) is 5.92 Å². The maximum Gasteiger partial charge on any atom is 0.229 e. The second-order valence-electron chi connectivity index (χ2n) is 5.63. The third-order valence-corrected chi connectivity index (χ3v) is 3.55. The lowest BCUT2D eigenvalue weighted by Gasteiger charge is -2.18. The van der Waals surface area contributed by atoms with Gasteiger partial charge in [0.05, 0.1) is 17.8 Å². The number of rotatable bonds is 6. The highest BCUT2D eigenvalue weighted by Gasteiger charge is 2.33. The van der Waals surface area contributed by atoms with E-state index in [1.165, 1.54) is 0 Å². The summed E-state index contributed by atoms with van der Waals surface area (Å²) < 4.78 is 0. The monoisotopic (exact) mass is 290 g/mol. The van der Waals surface area contributed by atoms with E-state index in [0.29, 0.717) is 25.2 Å². The van der Waals surface area contributed by atoms with Crippen LogP contribution < -0.4 is 5.32 Å². The number of hydrogen-bond donors (Lipinski definition) is 1. The maximum atomic E-state index is 12.2. The maximum absolute atomic E-state index is 12.2. The molecule has 6 heteroatoms. The number of nitrogens with zero attached hydrogens (tertiary/aromatic N) is 3. The van der Waals surface area contributed by atoms with E-state index in [1.54, 1.807) is 29.4 Å². The number of anilines is 1. The van der Waals surface area contributed by atoms with Crippen LogP contribution in [0.5, 0.6) is 0 Å². The van der Waals surface area contributed by atoms with Gasteiger partial charge in [-0.05, 0) is 39.2 Å². The minimum Gasteiger partial charge on any atom is -0.342 e. The first-order valence-electron chi connectivity index (χ1n) is 7.19. The van der Waals surface area contributed by atoms with Gasteiger partial charge < -0.3 is 15.1 Å². The van der Waals surface area contributed by atoms with Gasteiger partial charge in [0.2, 0.25) is 11.8 Å². The minimum atomic E-state index is -0.267. The third-order valence-electron chi connectivity index (χ3n) is 3.55. The molecule has 1 N–H and O–H groups in total. The Balaban J connectivity index is 1.82. The van der Waals surface area contributed by atoms with Crippen molar-refractivity contribution < 1.29 is 9.59 Å². The summed E-state index contributed by atoms with van der Waals surface area (Å²) in [6, 6.07) is 3.56. The van der Waals surface area contributed by atoms with Crippen LogP contribution in [0.1, 0.15) is 12.8 Å². The van der Waals surface area contributed by atoms with Crippen molar-refractivity contribution in [1.82, 2.24) is 14.8 Å². The Morgan fingerprint density at radius 3 is 3.00 bits per heavy atom. The Morgan fingerprint density at radius 1 is 1.52 bits per heavy atom. The molecule has 2 rings (SSSR count). The molecule has 1 aliphatic rings. The van der Waals surface area contributed by atoms with Crippen molar-refractivity contribution in [3.8, 4) is 0 Å². The summed E-state index contributed by atoms with van der Waals surface area (Å²) in [5.41, 5.74) is 0.668. The molecule has 1 fully saturated rings. The molecule has 0 aliphatic carbocycles. The van der Waals surface area contributed by atoms with Gasteiger partial charge >= 0.3 is 0 Å². The van der Waals surface area contributed by atoms with Crippen molar-refractivity contribution in [3.05, 3.63) is 24.5 Å². The first-order chi connectivity index (χ1) is 10.1. The molecular formula is C15H22N4O2. The highest BCUT2D eigenvalue weighted by atomic mass is 16.2. The van der Waals surface area contributed by atoms with Crippen LogP contribution in [0.4, 0.5) is 5.69 Å². The molecule has 0 aromatic carbocycles. The SMILES string of the molecule is CN(C)CCCN1CC(C(=O)Nc2cccnc2)CC1=O. The van der Waals surface area contributed by atoms with Gasteiger partial charge in [-0.2, -0.15) is 0 Å². The molecule has 21 heavy (non-hydrogen) atoms. The number of likely N-dealkylation sites (tertiary alicyclic amines) is 1. The van der Waals surface area contributed by atoms with Gasteiger partial charge in [0.1, 0.15) is 0 Å². The summed E-state index contributed by atoms with van der Waals surface area (Å²) in [5.74, 6) is -0.302. The fourth-order valence-corrected chi connectivity index (χ4v) is 2.42. The van der Waals surface area contributed by atoms with E-state index in [9.17, 15) is 9.59 Å². The zero-order chi connectivity index (χ0) is 15.2. The van der Waals surface area contributed by atoms with Crippen LogP contribution in [0.2, 0.25) is 0 Å². The van der Waals surface area contributed by atoms with Gasteiger partial charge in [0.15, 0.2) is 0 Å². The highest BCUT2D eigenvalue weighted by molar-refractivity contribution is 5.97. The zero-order valence-corrected chi connectivity index (χ0v) is 12.6. The van der Waals surface area contributed by atoms with Gasteiger partial charge in [0, 0.05) is 25.7 Å². The standard InChI is InChI=1S/C15H22N4O2/c1-18(2)7-4-8-19-11-12(9-14(19)20)15(21)17-13-5-3-6-16-10-13/h3,5-6,10,12H,4,7-9,11H2,1-2H3,(H,17,21). The van der Waals surface area contributed by atoms with Crippen LogP contribution >= 0.6 is 0 Å². The van der Waals surface area contributed by atoms with Crippen LogP contribution in [-0.2, 0) is 9.59 Å². The summed E-state index contributed by atoms with van der Waals surface area (Å²) in [7, 11) is 4.02. The molecule has 1 saturated heterocycles. The van der Waals surface area contributed by atoms with E-state index in [2.05, 4.69) is 15.2 Å². The average Bonchev–Trinajstić information content (AvgIpc) is 2.81. The molecule has 0 radical (unpaired) electrons. The predicted molar refractivity (Wildman–Crippen MR) is 80.7 cm³/mol. The number of carbonyl (C=O) groups is 2. The van der Waals surface area contributed by atoms with E-state index < -0.39 is 0 Å². The number of hydrogen-bond acceptors (Lipinski definition) is 4. The van der Waals surface area contributed by atoms with Gasteiger partial charge in [-0.15, -0.1) is 0 Å². The fourth-order valence-electron chi connectivity index (χ4n) is 2.42. The Labute approximate surface area is 125 Å². The molecule has 2 heterocycles. The van der Waals surface area contributed by atoms with Crippen LogP contribution in [0.15, 0.2) is 24.5 Å². The van der Waals surface area contributed by atoms with E-state index in [1.807, 2.05) is 14.1 Å². The van der Waals surface area contributed by atoms with Crippen LogP contribution in [0.25, 0.3) is 0 Å². The van der Waals surface area contributed by atoms with Crippen molar-refractivity contribution in [1.29, 1.82) is 0 Å². The summed E-state index contributed by atoms with van der Waals surface area (Å²) in [6.45, 7) is 2.17. The lowest BCUT2D eigenvalue weighted by molar-refractivity contribution is -0.128. The smallest absolute Gasteiger partial charge is 0.229 e. The van der Waals surface area contributed by atoms with E-state index in [-0.39, 0.29) is 17.7 Å². The first-order valence-corrected chi connectivity index (χ1v) is 7.19. The number of pyridine rings is 1. The van der Waals surface area contributed by atoms with Crippen molar-refractivity contribution in [2.75, 3.05) is 39.0 Å². The van der Waals surface area contributed by atoms with Gasteiger partial charge in [0.25, 0.3) is 0 Å². The second-order valence-corrected chi connectivity index (χ2v) is 5.63. The molecule has 2 amide bonds. The molecule has 1 aromatic heterocycles. The largest absolute Gasteiger partial charge is 0.342 e. The summed E-state index contributed by atoms with van der Waals surface area (Å²) in [6.07, 6.45) is 4.48. The Kier molecular flexibility index (Phi) is 5.27. The zero-order valence-electron chi connectivity index (χ0n) is 12.6. The normalized spacial score (nSPS) is 18.3. The molecule has 6 nitrogen and oxygen atoms in total. The molecule has 1 aliphatic heterocycles. The molecule has 114 valence electrons. The minimum absolute atomic E-state index is 0.0695. The molecule has 1 unspecified atom stereocenters. The Bertz CT molecular complexity index is 490. The first kappa shape index (κ1) is 15.4. The van der Waals surface area contributed by atoms with Crippen LogP contribution in [-0.4, -0.2) is 60.3 Å². The van der Waals surface area contributed by atoms with Gasteiger partial charge in [-0.1, -0.05) is 0 Å². The molecule has 0 bridgehead atoms. The Hall–Kier alpha value is -1.95. The number of aromatic nitrogens is 1. The topological polar surface area (TPSA) is 65.5 Å². The van der Waals surface area contributed by atoms with Crippen molar-refractivity contribution in [2.24, 2.45) is 5.92 Å². The van der Waals surface area contributed by atoms with E-state index in [4.69, 9.17) is 0 Å². The summed E-state index contributed by atoms with van der Waals surface area (Å²) in [4.78, 5) is 31.9. The summed E-state index contributed by atoms with van der Waals surface area (Å²) in [5, 5.41) is 2.81. The number of nitrogens with one attached hydrogen (secondary N) is 1. The van der Waals surface area contributed by atoms with Crippen molar-refractivity contribution in [2.45, 2.75) is 12.8 Å². The molecular weight excluding hydrogens is 268 g/mol. The molecule has 0 saturated carbocycles. The summed E-state index contributed by atoms with van der Waals surface area (Å²) >= 11 is 0. The van der Waals surface area contributed by atoms with Gasteiger partial charge in [-0.3, -0.25) is 14.6 Å². The fraction of sp³-hybridized carbons (Fsp3) is 0.533. The molecule has 0 spiro atoms. The molecule has 1 atom stereocenters. The highest BCUT2D eigenvalue weighted by Crippen LogP contribution is 2.19. The van der Waals surface area contributed by atoms with Crippen molar-refractivity contribution >= 4 is 17.5 Å². The quantitative estimate of drug-likeness (QED) is 0.842. The van der Waals surface area contributed by atoms with Gasteiger partial charge in [-0.25, -0.2) is 0 Å². The van der Waals surface area contributed by atoms with Crippen molar-refractivity contribution in [3.63, 3.8) is 0 Å². The Morgan fingerprint density at radius 2 is 2.33 bits per heavy atom. The number of carbonyl (C=O) groups excluding carboxylic acids is 2. The lowest BCUT2D eigenvalue weighted by Crippen LogP contribution is -2.30. The lowest BCUT2D eigenvalue weighted by atomic mass is 10.1. The van der Waals surface area contributed by atoms with Crippen LogP contribution in [0.3, 0.4) is 0 Å². The average molecular weight is 290 g/mol. The third kappa shape index (κ3) is 4.53. The van der Waals surface area contributed by atoms with E-state index >= 15 is 0 Å². The molecule has 1 aromatic rings. The predicted octanol–water partition coefficient (Wildman–Crippen LogP) is 0.820. The second kappa shape index (κ2) is 7.17. The number of amides is 2. The van der Waals surface area contributed by atoms with E-state index in [0.717, 1.165) is 13.0 Å².